The molecule has 1 aliphatic rings. The van der Waals surface area contributed by atoms with Crippen molar-refractivity contribution in [2.75, 3.05) is 6.54 Å². The van der Waals surface area contributed by atoms with Gasteiger partial charge in [0.05, 0.1) is 6.04 Å². The van der Waals surface area contributed by atoms with Crippen molar-refractivity contribution in [2.45, 2.75) is 38.8 Å². The van der Waals surface area contributed by atoms with Crippen LogP contribution in [0.1, 0.15) is 48.9 Å². The minimum absolute atomic E-state index is 0.305. The second-order valence-corrected chi connectivity index (χ2v) is 5.34. The minimum atomic E-state index is 0.305. The lowest BCUT2D eigenvalue weighted by Gasteiger charge is -2.25. The van der Waals surface area contributed by atoms with Gasteiger partial charge in [0, 0.05) is 17.8 Å². The Bertz CT molecular complexity index is 605. The van der Waals surface area contributed by atoms with Gasteiger partial charge in [-0.25, -0.2) is 9.50 Å². The average Bonchev–Trinajstić information content (AvgIpc) is 3.03. The van der Waals surface area contributed by atoms with E-state index in [9.17, 15) is 4.79 Å². The normalized spacial score (nSPS) is 20.5. The van der Waals surface area contributed by atoms with E-state index in [0.29, 0.717) is 17.6 Å². The van der Waals surface area contributed by atoms with E-state index in [4.69, 9.17) is 0 Å². The van der Waals surface area contributed by atoms with E-state index >= 15 is 0 Å². The fourth-order valence-corrected chi connectivity index (χ4v) is 2.81. The SMILES string of the molecule is CC(C)N1CCCC1c1nc2cc(C=O)ccn2n1. The van der Waals surface area contributed by atoms with Crippen LogP contribution in [0.25, 0.3) is 5.65 Å². The van der Waals surface area contributed by atoms with Gasteiger partial charge < -0.3 is 0 Å². The molecule has 0 N–H and O–H groups in total. The van der Waals surface area contributed by atoms with Crippen molar-refractivity contribution in [3.63, 3.8) is 0 Å². The van der Waals surface area contributed by atoms with Gasteiger partial charge in [0.15, 0.2) is 11.5 Å². The summed E-state index contributed by atoms with van der Waals surface area (Å²) >= 11 is 0. The highest BCUT2D eigenvalue weighted by Crippen LogP contribution is 2.31. The zero-order valence-corrected chi connectivity index (χ0v) is 11.3. The quantitative estimate of drug-likeness (QED) is 0.791. The van der Waals surface area contributed by atoms with Crippen molar-refractivity contribution < 1.29 is 4.79 Å². The Balaban J connectivity index is 1.98. The number of hydrogen-bond acceptors (Lipinski definition) is 4. The van der Waals surface area contributed by atoms with E-state index in [2.05, 4.69) is 28.8 Å². The number of carbonyl (C=O) groups is 1. The number of aromatic nitrogens is 3. The first-order chi connectivity index (χ1) is 9.19. The summed E-state index contributed by atoms with van der Waals surface area (Å²) in [4.78, 5) is 17.8. The summed E-state index contributed by atoms with van der Waals surface area (Å²) in [6, 6.07) is 4.34. The van der Waals surface area contributed by atoms with Crippen LogP contribution in [0.2, 0.25) is 0 Å². The van der Waals surface area contributed by atoms with E-state index < -0.39 is 0 Å². The summed E-state index contributed by atoms with van der Waals surface area (Å²) in [5.41, 5.74) is 1.38. The number of fused-ring (bicyclic) bond motifs is 1. The molecule has 1 saturated heterocycles. The molecule has 0 bridgehead atoms. The highest BCUT2D eigenvalue weighted by atomic mass is 16.1. The number of rotatable bonds is 3. The van der Waals surface area contributed by atoms with Gasteiger partial charge in [-0.15, -0.1) is 5.10 Å². The van der Waals surface area contributed by atoms with Gasteiger partial charge in [0.2, 0.25) is 0 Å². The molecule has 1 aliphatic heterocycles. The molecule has 0 saturated carbocycles. The Labute approximate surface area is 112 Å². The Morgan fingerprint density at radius 3 is 3.05 bits per heavy atom. The Morgan fingerprint density at radius 2 is 2.32 bits per heavy atom. The number of pyridine rings is 1. The highest BCUT2D eigenvalue weighted by molar-refractivity contribution is 5.76. The maximum Gasteiger partial charge on any atom is 0.168 e. The Kier molecular flexibility index (Phi) is 3.06. The van der Waals surface area contributed by atoms with Gasteiger partial charge in [-0.05, 0) is 45.4 Å². The summed E-state index contributed by atoms with van der Waals surface area (Å²) < 4.78 is 1.75. The third kappa shape index (κ3) is 2.14. The molecule has 19 heavy (non-hydrogen) atoms. The van der Waals surface area contributed by atoms with Gasteiger partial charge in [-0.1, -0.05) is 0 Å². The second-order valence-electron chi connectivity index (χ2n) is 5.34. The fourth-order valence-electron chi connectivity index (χ4n) is 2.81. The molecule has 3 heterocycles. The lowest BCUT2D eigenvalue weighted by atomic mass is 10.2. The summed E-state index contributed by atoms with van der Waals surface area (Å²) in [5, 5.41) is 4.55. The summed E-state index contributed by atoms with van der Waals surface area (Å²) in [6.45, 7) is 5.52. The van der Waals surface area contributed by atoms with Crippen LogP contribution in [0.4, 0.5) is 0 Å². The third-order valence-electron chi connectivity index (χ3n) is 3.77. The van der Waals surface area contributed by atoms with E-state index in [1.807, 2.05) is 0 Å². The zero-order valence-electron chi connectivity index (χ0n) is 11.3. The molecular weight excluding hydrogens is 240 g/mol. The van der Waals surface area contributed by atoms with E-state index in [1.165, 1.54) is 6.42 Å². The summed E-state index contributed by atoms with van der Waals surface area (Å²) in [5.74, 6) is 0.870. The van der Waals surface area contributed by atoms with E-state index in [1.54, 1.807) is 22.8 Å². The van der Waals surface area contributed by atoms with Crippen LogP contribution in [0.5, 0.6) is 0 Å². The van der Waals surface area contributed by atoms with Crippen LogP contribution < -0.4 is 0 Å². The van der Waals surface area contributed by atoms with Crippen LogP contribution in [0.15, 0.2) is 18.3 Å². The maximum atomic E-state index is 10.8. The first-order valence-electron chi connectivity index (χ1n) is 6.76. The van der Waals surface area contributed by atoms with Gasteiger partial charge in [0.25, 0.3) is 0 Å². The maximum absolute atomic E-state index is 10.8. The predicted molar refractivity (Wildman–Crippen MR) is 72.2 cm³/mol. The van der Waals surface area contributed by atoms with Crippen molar-refractivity contribution >= 4 is 11.9 Å². The van der Waals surface area contributed by atoms with Gasteiger partial charge in [-0.3, -0.25) is 9.69 Å². The number of carbonyl (C=O) groups excluding carboxylic acids is 1. The van der Waals surface area contributed by atoms with Crippen LogP contribution in [0.3, 0.4) is 0 Å². The monoisotopic (exact) mass is 258 g/mol. The molecule has 1 atom stereocenters. The van der Waals surface area contributed by atoms with Crippen molar-refractivity contribution in [3.05, 3.63) is 29.7 Å². The molecule has 0 aliphatic carbocycles. The Morgan fingerprint density at radius 1 is 1.47 bits per heavy atom. The van der Waals surface area contributed by atoms with Gasteiger partial charge >= 0.3 is 0 Å². The minimum Gasteiger partial charge on any atom is -0.298 e. The third-order valence-corrected chi connectivity index (χ3v) is 3.77. The molecule has 5 nitrogen and oxygen atoms in total. The molecule has 5 heteroatoms. The highest BCUT2D eigenvalue weighted by Gasteiger charge is 2.30. The molecule has 100 valence electrons. The lowest BCUT2D eigenvalue weighted by molar-refractivity contribution is 0.112. The molecule has 2 aromatic rings. The van der Waals surface area contributed by atoms with Crippen LogP contribution >= 0.6 is 0 Å². The largest absolute Gasteiger partial charge is 0.298 e. The number of likely N-dealkylation sites (tertiary alicyclic amines) is 1. The lowest BCUT2D eigenvalue weighted by Crippen LogP contribution is -2.30. The van der Waals surface area contributed by atoms with Crippen molar-refractivity contribution in [3.8, 4) is 0 Å². The van der Waals surface area contributed by atoms with Gasteiger partial charge in [0.1, 0.15) is 6.29 Å². The predicted octanol–water partition coefficient (Wildman–Crippen LogP) is 2.09. The topological polar surface area (TPSA) is 50.5 Å². The number of hydrogen-bond donors (Lipinski definition) is 0. The summed E-state index contributed by atoms with van der Waals surface area (Å²) in [7, 11) is 0. The zero-order chi connectivity index (χ0) is 13.4. The van der Waals surface area contributed by atoms with Crippen molar-refractivity contribution in [1.29, 1.82) is 0 Å². The molecule has 1 fully saturated rings. The molecular formula is C14H18N4O. The number of aldehydes is 1. The standard InChI is InChI=1S/C14H18N4O/c1-10(2)17-6-3-4-12(17)14-15-13-8-11(9-19)5-7-18(13)16-14/h5,7-10,12H,3-4,6H2,1-2H3. The van der Waals surface area contributed by atoms with Gasteiger partial charge in [-0.2, -0.15) is 0 Å². The van der Waals surface area contributed by atoms with Crippen LogP contribution in [0, 0.1) is 0 Å². The molecule has 1 unspecified atom stereocenters. The van der Waals surface area contributed by atoms with Crippen LogP contribution in [-0.2, 0) is 0 Å². The van der Waals surface area contributed by atoms with Crippen LogP contribution in [-0.4, -0.2) is 38.4 Å². The average molecular weight is 258 g/mol. The Hall–Kier alpha value is -1.75. The molecule has 0 radical (unpaired) electrons. The first-order valence-corrected chi connectivity index (χ1v) is 6.76. The molecule has 0 amide bonds. The fraction of sp³-hybridized carbons (Fsp3) is 0.500. The molecule has 3 rings (SSSR count). The first kappa shape index (κ1) is 12.3. The molecule has 0 spiro atoms. The molecule has 0 aromatic carbocycles. The second kappa shape index (κ2) is 4.74. The van der Waals surface area contributed by atoms with E-state index in [0.717, 1.165) is 30.7 Å². The number of nitrogens with zero attached hydrogens (tertiary/aromatic N) is 4. The van der Waals surface area contributed by atoms with E-state index in [-0.39, 0.29) is 0 Å². The summed E-state index contributed by atoms with van der Waals surface area (Å²) in [6.07, 6.45) is 4.93. The van der Waals surface area contributed by atoms with Crippen molar-refractivity contribution in [1.82, 2.24) is 19.5 Å². The molecule has 2 aromatic heterocycles. The smallest absolute Gasteiger partial charge is 0.168 e. The van der Waals surface area contributed by atoms with Crippen molar-refractivity contribution in [2.24, 2.45) is 0 Å².